The first-order chi connectivity index (χ1) is 14.9. The number of nitro groups is 2. The van der Waals surface area contributed by atoms with E-state index in [2.05, 4.69) is 18.2 Å². The summed E-state index contributed by atoms with van der Waals surface area (Å²) in [6.45, 7) is 0. The van der Waals surface area contributed by atoms with Crippen molar-refractivity contribution in [3.8, 4) is 0 Å². The van der Waals surface area contributed by atoms with Gasteiger partial charge in [-0.15, -0.1) is 0 Å². The third kappa shape index (κ3) is 2.33. The third-order valence-corrected chi connectivity index (χ3v) is 8.21. The number of non-ortho nitro benzene ring substituents is 2. The molecule has 4 aliphatic carbocycles. The van der Waals surface area contributed by atoms with Gasteiger partial charge < -0.3 is 4.74 Å². The highest BCUT2D eigenvalue weighted by Crippen LogP contribution is 2.74. The van der Waals surface area contributed by atoms with Crippen molar-refractivity contribution in [3.63, 3.8) is 0 Å². The van der Waals surface area contributed by atoms with E-state index in [1.165, 1.54) is 11.1 Å². The third-order valence-electron chi connectivity index (χ3n) is 8.21. The second kappa shape index (κ2) is 6.12. The van der Waals surface area contributed by atoms with E-state index < -0.39 is 32.8 Å². The van der Waals surface area contributed by atoms with E-state index in [4.69, 9.17) is 4.74 Å². The predicted molar refractivity (Wildman–Crippen MR) is 109 cm³/mol. The number of rotatable bonds is 4. The number of hydrogen-bond acceptors (Lipinski definition) is 6. The molecule has 0 unspecified atom stereocenters. The predicted octanol–water partition coefficient (Wildman–Crippen LogP) is 4.73. The van der Waals surface area contributed by atoms with Crippen LogP contribution in [0.2, 0.25) is 0 Å². The van der Waals surface area contributed by atoms with Crippen LogP contribution in [0, 0.1) is 38.0 Å². The molecule has 0 aliphatic heterocycles. The fourth-order valence-corrected chi connectivity index (χ4v) is 7.36. The highest BCUT2D eigenvalue weighted by Gasteiger charge is 2.72. The molecule has 158 valence electrons. The van der Waals surface area contributed by atoms with E-state index in [0.29, 0.717) is 11.8 Å². The quantitative estimate of drug-likeness (QED) is 0.306. The number of carbonyl (C=O) groups is 1. The van der Waals surface area contributed by atoms with Gasteiger partial charge in [-0.05, 0) is 48.6 Å². The number of benzene rings is 2. The van der Waals surface area contributed by atoms with Crippen LogP contribution in [0.1, 0.15) is 59.0 Å². The van der Waals surface area contributed by atoms with Crippen molar-refractivity contribution < 1.29 is 19.4 Å². The summed E-state index contributed by atoms with van der Waals surface area (Å²) in [6.07, 6.45) is 4.14. The van der Waals surface area contributed by atoms with E-state index in [1.54, 1.807) is 0 Å². The average Bonchev–Trinajstić information content (AvgIpc) is 3.51. The van der Waals surface area contributed by atoms with Crippen molar-refractivity contribution in [2.24, 2.45) is 17.8 Å². The molecule has 6 rings (SSSR count). The standard InChI is InChI=1S/C23H20N2O6/c26-22(13-8-15(24(27)28)10-16(9-13)25(29)30)31-23-14-6-5-12(7-14)21(23)19-11-20(23)18-4-2-1-3-17(18)19/h1-4,8-10,12,14,19-21H,5-7,11H2/t12-,14-,19-,20+,21-,23+/m1/s1. The van der Waals surface area contributed by atoms with Gasteiger partial charge in [0, 0.05) is 29.9 Å². The van der Waals surface area contributed by atoms with Gasteiger partial charge in [0.05, 0.1) is 21.5 Å². The summed E-state index contributed by atoms with van der Waals surface area (Å²) in [5, 5.41) is 22.5. The topological polar surface area (TPSA) is 113 Å². The number of ether oxygens (including phenoxy) is 1. The lowest BCUT2D eigenvalue weighted by Gasteiger charge is -2.46. The van der Waals surface area contributed by atoms with Crippen molar-refractivity contribution in [2.75, 3.05) is 0 Å². The van der Waals surface area contributed by atoms with E-state index in [-0.39, 0.29) is 23.3 Å². The maximum Gasteiger partial charge on any atom is 0.339 e. The highest BCUT2D eigenvalue weighted by atomic mass is 16.6. The molecule has 0 N–H and O–H groups in total. The lowest BCUT2D eigenvalue weighted by atomic mass is 9.65. The lowest BCUT2D eigenvalue weighted by molar-refractivity contribution is -0.394. The van der Waals surface area contributed by atoms with Gasteiger partial charge in [-0.3, -0.25) is 20.2 Å². The summed E-state index contributed by atoms with van der Waals surface area (Å²) in [6, 6.07) is 11.4. The number of hydrogen-bond donors (Lipinski definition) is 0. The fraction of sp³-hybridized carbons (Fsp3) is 0.435. The smallest absolute Gasteiger partial charge is 0.339 e. The second-order valence-corrected chi connectivity index (χ2v) is 9.31. The van der Waals surface area contributed by atoms with Gasteiger partial charge in [-0.1, -0.05) is 24.3 Å². The molecule has 0 saturated heterocycles. The molecule has 31 heavy (non-hydrogen) atoms. The van der Waals surface area contributed by atoms with Crippen LogP contribution in [-0.2, 0) is 4.74 Å². The van der Waals surface area contributed by atoms with Gasteiger partial charge >= 0.3 is 5.97 Å². The van der Waals surface area contributed by atoms with Crippen molar-refractivity contribution in [2.45, 2.75) is 43.1 Å². The van der Waals surface area contributed by atoms with Crippen molar-refractivity contribution >= 4 is 17.3 Å². The molecule has 8 heteroatoms. The molecule has 2 aromatic carbocycles. The first-order valence-corrected chi connectivity index (χ1v) is 10.7. The number of nitrogens with zero attached hydrogens (tertiary/aromatic N) is 2. The van der Waals surface area contributed by atoms with Gasteiger partial charge in [0.15, 0.2) is 0 Å². The molecule has 8 nitrogen and oxygen atoms in total. The zero-order valence-corrected chi connectivity index (χ0v) is 16.6. The number of esters is 1. The Bertz CT molecular complexity index is 1130. The Morgan fingerprint density at radius 3 is 2.32 bits per heavy atom. The molecule has 2 aromatic rings. The minimum absolute atomic E-state index is 0.117. The fourth-order valence-electron chi connectivity index (χ4n) is 7.36. The summed E-state index contributed by atoms with van der Waals surface area (Å²) in [4.78, 5) is 34.3. The molecule has 3 saturated carbocycles. The first kappa shape index (κ1) is 18.5. The van der Waals surface area contributed by atoms with Crippen molar-refractivity contribution in [3.05, 3.63) is 79.4 Å². The van der Waals surface area contributed by atoms with Crippen LogP contribution >= 0.6 is 0 Å². The van der Waals surface area contributed by atoms with Crippen molar-refractivity contribution in [1.29, 1.82) is 0 Å². The van der Waals surface area contributed by atoms with Crippen molar-refractivity contribution in [1.82, 2.24) is 0 Å². The molecule has 0 radical (unpaired) electrons. The summed E-state index contributed by atoms with van der Waals surface area (Å²) in [5.74, 6) is 0.817. The minimum Gasteiger partial charge on any atom is -0.454 e. The van der Waals surface area contributed by atoms with Crippen LogP contribution < -0.4 is 0 Å². The normalized spacial score (nSPS) is 33.7. The number of fused-ring (bicyclic) bond motifs is 12. The Morgan fingerprint density at radius 1 is 0.968 bits per heavy atom. The monoisotopic (exact) mass is 420 g/mol. The SMILES string of the molecule is O=C(O[C@]12[C@@H]3CC[C@H](C3)[C@@H]1[C@@H]1C[C@H]2c2ccccc21)c1cc([N+](=O)[O-])cc([N+](=O)[O-])c1. The molecular formula is C23H20N2O6. The van der Waals surface area contributed by atoms with E-state index in [0.717, 1.165) is 43.9 Å². The Morgan fingerprint density at radius 2 is 1.65 bits per heavy atom. The first-order valence-electron chi connectivity index (χ1n) is 10.7. The maximum atomic E-state index is 13.3. The molecule has 6 atom stereocenters. The van der Waals surface area contributed by atoms with Crippen LogP contribution in [0.25, 0.3) is 0 Å². The van der Waals surface area contributed by atoms with E-state index >= 15 is 0 Å². The van der Waals surface area contributed by atoms with Gasteiger partial charge in [0.25, 0.3) is 11.4 Å². The molecule has 3 fully saturated rings. The van der Waals surface area contributed by atoms with Crippen LogP contribution in [0.3, 0.4) is 0 Å². The average molecular weight is 420 g/mol. The summed E-state index contributed by atoms with van der Waals surface area (Å²) in [7, 11) is 0. The summed E-state index contributed by atoms with van der Waals surface area (Å²) >= 11 is 0. The molecular weight excluding hydrogens is 400 g/mol. The molecule has 0 heterocycles. The lowest BCUT2D eigenvalue weighted by Crippen LogP contribution is -2.50. The molecule has 4 aliphatic rings. The summed E-state index contributed by atoms with van der Waals surface area (Å²) in [5.41, 5.74) is 0.894. The van der Waals surface area contributed by atoms with Crippen LogP contribution in [0.15, 0.2) is 42.5 Å². The van der Waals surface area contributed by atoms with E-state index in [1.807, 2.05) is 6.07 Å². The largest absolute Gasteiger partial charge is 0.454 e. The summed E-state index contributed by atoms with van der Waals surface area (Å²) < 4.78 is 6.32. The zero-order valence-electron chi connectivity index (χ0n) is 16.6. The van der Waals surface area contributed by atoms with Gasteiger partial charge in [0.1, 0.15) is 5.60 Å². The number of carbonyl (C=O) groups excluding carboxylic acids is 1. The Hall–Kier alpha value is -3.29. The maximum absolute atomic E-state index is 13.3. The van der Waals surface area contributed by atoms with Gasteiger partial charge in [-0.25, -0.2) is 4.79 Å². The molecule has 0 spiro atoms. The van der Waals surface area contributed by atoms with E-state index in [9.17, 15) is 25.0 Å². The molecule has 0 aromatic heterocycles. The van der Waals surface area contributed by atoms with Crippen LogP contribution in [0.4, 0.5) is 11.4 Å². The Labute approximate surface area is 177 Å². The van der Waals surface area contributed by atoms with Crippen LogP contribution in [-0.4, -0.2) is 21.4 Å². The number of nitro benzene ring substituents is 2. The van der Waals surface area contributed by atoms with Gasteiger partial charge in [-0.2, -0.15) is 0 Å². The molecule has 0 amide bonds. The Kier molecular flexibility index (Phi) is 3.65. The van der Waals surface area contributed by atoms with Crippen LogP contribution in [0.5, 0.6) is 0 Å². The zero-order chi connectivity index (χ0) is 21.5. The second-order valence-electron chi connectivity index (χ2n) is 9.31. The highest BCUT2D eigenvalue weighted by molar-refractivity contribution is 5.91. The Balaban J connectivity index is 1.42. The molecule has 4 bridgehead atoms. The minimum atomic E-state index is -0.726. The van der Waals surface area contributed by atoms with Gasteiger partial charge in [0.2, 0.25) is 0 Å².